The van der Waals surface area contributed by atoms with Crippen LogP contribution in [0.15, 0.2) is 36.4 Å². The predicted octanol–water partition coefficient (Wildman–Crippen LogP) is 4.69. The van der Waals surface area contributed by atoms with Crippen molar-refractivity contribution in [2.75, 3.05) is 0 Å². The summed E-state index contributed by atoms with van der Waals surface area (Å²) in [5.74, 6) is -1.10. The number of benzene rings is 2. The molecule has 0 spiro atoms. The first-order valence-corrected chi connectivity index (χ1v) is 7.04. The molecule has 0 bridgehead atoms. The Kier molecular flexibility index (Phi) is 5.15. The molecule has 0 saturated heterocycles. The van der Waals surface area contributed by atoms with E-state index in [1.165, 1.54) is 6.07 Å². The summed E-state index contributed by atoms with van der Waals surface area (Å²) < 4.78 is 31.8. The van der Waals surface area contributed by atoms with Crippen LogP contribution in [0.4, 0.5) is 8.78 Å². The normalized spacial score (nSPS) is 12.2. The molecule has 2 aromatic rings. The first-order valence-electron chi connectivity index (χ1n) is 6.66. The van der Waals surface area contributed by atoms with Gasteiger partial charge >= 0.3 is 0 Å². The maximum absolute atomic E-state index is 13.2. The molecule has 0 aromatic heterocycles. The van der Waals surface area contributed by atoms with Crippen LogP contribution in [0.3, 0.4) is 0 Å². The van der Waals surface area contributed by atoms with Crippen molar-refractivity contribution in [3.05, 3.63) is 58.6 Å². The number of hydrogen-bond donors (Lipinski definition) is 1. The van der Waals surface area contributed by atoms with E-state index in [9.17, 15) is 8.78 Å². The lowest BCUT2D eigenvalue weighted by molar-refractivity contribution is 0.455. The van der Waals surface area contributed by atoms with Gasteiger partial charge in [-0.05, 0) is 48.7 Å². The minimum Gasteiger partial charge on any atom is -0.457 e. The summed E-state index contributed by atoms with van der Waals surface area (Å²) in [5.41, 5.74) is 6.79. The van der Waals surface area contributed by atoms with Crippen molar-refractivity contribution in [1.29, 1.82) is 0 Å². The first kappa shape index (κ1) is 15.7. The molecular formula is C16H16ClF2NO. The lowest BCUT2D eigenvalue weighted by Gasteiger charge is -2.14. The van der Waals surface area contributed by atoms with Gasteiger partial charge in [-0.15, -0.1) is 0 Å². The van der Waals surface area contributed by atoms with Gasteiger partial charge in [0.25, 0.3) is 0 Å². The summed E-state index contributed by atoms with van der Waals surface area (Å²) >= 11 is 5.99. The molecule has 0 fully saturated rings. The van der Waals surface area contributed by atoms with Gasteiger partial charge < -0.3 is 10.5 Å². The standard InChI is InChI=1S/C16H16ClF2NO/c1-2-12(20)8-10-7-11(17)3-6-16(10)21-13-4-5-14(18)15(19)9-13/h3-7,9,12H,2,8,20H2,1H3. The van der Waals surface area contributed by atoms with Crippen molar-refractivity contribution in [1.82, 2.24) is 0 Å². The Morgan fingerprint density at radius 1 is 1.14 bits per heavy atom. The number of halogens is 3. The zero-order chi connectivity index (χ0) is 15.4. The maximum Gasteiger partial charge on any atom is 0.162 e. The van der Waals surface area contributed by atoms with Crippen LogP contribution in [-0.4, -0.2) is 6.04 Å². The largest absolute Gasteiger partial charge is 0.457 e. The van der Waals surface area contributed by atoms with Crippen LogP contribution in [0.1, 0.15) is 18.9 Å². The zero-order valence-corrected chi connectivity index (χ0v) is 12.3. The third-order valence-corrected chi connectivity index (χ3v) is 3.38. The monoisotopic (exact) mass is 311 g/mol. The van der Waals surface area contributed by atoms with Crippen molar-refractivity contribution >= 4 is 11.6 Å². The highest BCUT2D eigenvalue weighted by Crippen LogP contribution is 2.29. The number of hydrogen-bond acceptors (Lipinski definition) is 2. The Morgan fingerprint density at radius 3 is 2.57 bits per heavy atom. The fraction of sp³-hybridized carbons (Fsp3) is 0.250. The Morgan fingerprint density at radius 2 is 1.90 bits per heavy atom. The summed E-state index contributed by atoms with van der Waals surface area (Å²) in [6.45, 7) is 1.99. The minimum absolute atomic E-state index is 0.0178. The van der Waals surface area contributed by atoms with Crippen LogP contribution in [0, 0.1) is 11.6 Å². The summed E-state index contributed by atoms with van der Waals surface area (Å²) in [7, 11) is 0. The van der Waals surface area contributed by atoms with E-state index >= 15 is 0 Å². The Hall–Kier alpha value is -1.65. The van der Waals surface area contributed by atoms with E-state index in [1.54, 1.807) is 18.2 Å². The average Bonchev–Trinajstić information content (AvgIpc) is 2.45. The predicted molar refractivity (Wildman–Crippen MR) is 79.9 cm³/mol. The Balaban J connectivity index is 2.28. The van der Waals surface area contributed by atoms with Crippen molar-refractivity contribution in [3.63, 3.8) is 0 Å². The summed E-state index contributed by atoms with van der Waals surface area (Å²) in [5, 5.41) is 0.575. The quantitative estimate of drug-likeness (QED) is 0.869. The van der Waals surface area contributed by atoms with Gasteiger partial charge in [-0.1, -0.05) is 18.5 Å². The van der Waals surface area contributed by atoms with E-state index in [4.69, 9.17) is 22.1 Å². The van der Waals surface area contributed by atoms with E-state index in [0.29, 0.717) is 17.2 Å². The van der Waals surface area contributed by atoms with Gasteiger partial charge in [0.2, 0.25) is 0 Å². The molecule has 2 rings (SSSR count). The van der Waals surface area contributed by atoms with Crippen LogP contribution in [-0.2, 0) is 6.42 Å². The van der Waals surface area contributed by atoms with E-state index in [0.717, 1.165) is 24.1 Å². The van der Waals surface area contributed by atoms with Crippen LogP contribution < -0.4 is 10.5 Å². The van der Waals surface area contributed by atoms with Crippen LogP contribution in [0.2, 0.25) is 5.02 Å². The zero-order valence-electron chi connectivity index (χ0n) is 11.6. The lowest BCUT2D eigenvalue weighted by Crippen LogP contribution is -2.21. The SMILES string of the molecule is CCC(N)Cc1cc(Cl)ccc1Oc1ccc(F)c(F)c1. The van der Waals surface area contributed by atoms with Crippen molar-refractivity contribution < 1.29 is 13.5 Å². The molecule has 5 heteroatoms. The third kappa shape index (κ3) is 4.16. The van der Waals surface area contributed by atoms with Gasteiger partial charge in [0.1, 0.15) is 11.5 Å². The molecule has 0 amide bonds. The van der Waals surface area contributed by atoms with E-state index in [1.807, 2.05) is 6.92 Å². The van der Waals surface area contributed by atoms with Gasteiger partial charge in [0, 0.05) is 17.1 Å². The minimum atomic E-state index is -0.951. The van der Waals surface area contributed by atoms with Crippen molar-refractivity contribution in [2.24, 2.45) is 5.73 Å². The van der Waals surface area contributed by atoms with Crippen LogP contribution >= 0.6 is 11.6 Å². The molecule has 0 heterocycles. The van der Waals surface area contributed by atoms with Crippen molar-refractivity contribution in [3.8, 4) is 11.5 Å². The molecule has 2 aromatic carbocycles. The molecule has 0 aliphatic heterocycles. The third-order valence-electron chi connectivity index (χ3n) is 3.15. The number of rotatable bonds is 5. The molecule has 2 N–H and O–H groups in total. The fourth-order valence-electron chi connectivity index (χ4n) is 1.90. The highest BCUT2D eigenvalue weighted by molar-refractivity contribution is 6.30. The van der Waals surface area contributed by atoms with Gasteiger partial charge in [-0.25, -0.2) is 8.78 Å². The summed E-state index contributed by atoms with van der Waals surface area (Å²) in [4.78, 5) is 0. The Labute approximate surface area is 127 Å². The number of nitrogens with two attached hydrogens (primary N) is 1. The first-order chi connectivity index (χ1) is 9.99. The van der Waals surface area contributed by atoms with Gasteiger partial charge in [-0.3, -0.25) is 0 Å². The van der Waals surface area contributed by atoms with Gasteiger partial charge in [0.15, 0.2) is 11.6 Å². The topological polar surface area (TPSA) is 35.2 Å². The second-order valence-corrected chi connectivity index (χ2v) is 5.24. The highest BCUT2D eigenvalue weighted by Gasteiger charge is 2.11. The van der Waals surface area contributed by atoms with Crippen molar-refractivity contribution in [2.45, 2.75) is 25.8 Å². The molecule has 0 radical (unpaired) electrons. The summed E-state index contributed by atoms with van der Waals surface area (Å²) in [6.07, 6.45) is 1.41. The molecule has 0 aliphatic rings. The molecule has 21 heavy (non-hydrogen) atoms. The van der Waals surface area contributed by atoms with Crippen LogP contribution in [0.5, 0.6) is 11.5 Å². The molecule has 1 atom stereocenters. The Bertz CT molecular complexity index is 634. The smallest absolute Gasteiger partial charge is 0.162 e. The maximum atomic E-state index is 13.2. The van der Waals surface area contributed by atoms with Gasteiger partial charge in [0.05, 0.1) is 0 Å². The molecule has 0 aliphatic carbocycles. The highest BCUT2D eigenvalue weighted by atomic mass is 35.5. The van der Waals surface area contributed by atoms with E-state index < -0.39 is 11.6 Å². The second-order valence-electron chi connectivity index (χ2n) is 4.80. The molecule has 1 unspecified atom stereocenters. The van der Waals surface area contributed by atoms with Gasteiger partial charge in [-0.2, -0.15) is 0 Å². The van der Waals surface area contributed by atoms with E-state index in [-0.39, 0.29) is 11.8 Å². The molecule has 0 saturated carbocycles. The number of ether oxygens (including phenoxy) is 1. The summed E-state index contributed by atoms with van der Waals surface area (Å²) in [6, 6.07) is 8.53. The lowest BCUT2D eigenvalue weighted by atomic mass is 10.0. The molecular weight excluding hydrogens is 296 g/mol. The molecule has 112 valence electrons. The van der Waals surface area contributed by atoms with E-state index in [2.05, 4.69) is 0 Å². The fourth-order valence-corrected chi connectivity index (χ4v) is 2.10. The molecule has 2 nitrogen and oxygen atoms in total. The average molecular weight is 312 g/mol. The van der Waals surface area contributed by atoms with Crippen LogP contribution in [0.25, 0.3) is 0 Å². The second kappa shape index (κ2) is 6.87.